The van der Waals surface area contributed by atoms with E-state index in [0.717, 1.165) is 13.0 Å². The van der Waals surface area contributed by atoms with Crippen LogP contribution in [-0.4, -0.2) is 29.3 Å². The smallest absolute Gasteiger partial charge is 0.245 e. The van der Waals surface area contributed by atoms with Crippen LogP contribution >= 0.6 is 11.3 Å². The second kappa shape index (κ2) is 5.74. The Balaban J connectivity index is 2.08. The van der Waals surface area contributed by atoms with E-state index in [1.807, 2.05) is 18.7 Å². The minimum absolute atomic E-state index is 0.0297. The predicted octanol–water partition coefficient (Wildman–Crippen LogP) is 1.79. The van der Waals surface area contributed by atoms with Crippen LogP contribution in [0.4, 0.5) is 0 Å². The molecule has 2 heterocycles. The second-order valence-corrected chi connectivity index (χ2v) is 6.30. The Kier molecular flexibility index (Phi) is 4.24. The molecule has 4 nitrogen and oxygen atoms in total. The standard InChI is InChI=1S/C14H20N2O2S/c1-9(2)13(15-10(3)17)14(18)16-6-4-12-11(8-16)5-7-19-12/h5,7,9,13H,4,6,8H2,1-3H3,(H,15,17)/t13-/m1/s1. The zero-order chi connectivity index (χ0) is 14.0. The van der Waals surface area contributed by atoms with Crippen molar-refractivity contribution in [2.24, 2.45) is 5.92 Å². The minimum atomic E-state index is -0.419. The van der Waals surface area contributed by atoms with E-state index in [4.69, 9.17) is 0 Å². The molecule has 0 aromatic carbocycles. The fourth-order valence-corrected chi connectivity index (χ4v) is 3.26. The first-order chi connectivity index (χ1) is 8.99. The van der Waals surface area contributed by atoms with Gasteiger partial charge in [-0.15, -0.1) is 11.3 Å². The Morgan fingerprint density at radius 1 is 1.42 bits per heavy atom. The van der Waals surface area contributed by atoms with Crippen molar-refractivity contribution in [3.8, 4) is 0 Å². The maximum absolute atomic E-state index is 12.5. The van der Waals surface area contributed by atoms with Crippen LogP contribution in [-0.2, 0) is 22.6 Å². The van der Waals surface area contributed by atoms with Gasteiger partial charge < -0.3 is 10.2 Å². The van der Waals surface area contributed by atoms with E-state index in [2.05, 4.69) is 16.8 Å². The van der Waals surface area contributed by atoms with Gasteiger partial charge in [-0.2, -0.15) is 0 Å². The number of rotatable bonds is 3. The zero-order valence-electron chi connectivity index (χ0n) is 11.6. The molecule has 0 saturated carbocycles. The van der Waals surface area contributed by atoms with Crippen molar-refractivity contribution in [3.05, 3.63) is 21.9 Å². The highest BCUT2D eigenvalue weighted by Crippen LogP contribution is 2.24. The molecule has 1 N–H and O–H groups in total. The maximum Gasteiger partial charge on any atom is 0.245 e. The van der Waals surface area contributed by atoms with Crippen molar-refractivity contribution in [3.63, 3.8) is 0 Å². The maximum atomic E-state index is 12.5. The third-order valence-electron chi connectivity index (χ3n) is 3.41. The first-order valence-electron chi connectivity index (χ1n) is 6.60. The van der Waals surface area contributed by atoms with Gasteiger partial charge in [0.05, 0.1) is 0 Å². The van der Waals surface area contributed by atoms with E-state index < -0.39 is 6.04 Å². The number of fused-ring (bicyclic) bond motifs is 1. The lowest BCUT2D eigenvalue weighted by Crippen LogP contribution is -2.51. The van der Waals surface area contributed by atoms with Gasteiger partial charge in [0.15, 0.2) is 0 Å². The van der Waals surface area contributed by atoms with Crippen molar-refractivity contribution in [2.75, 3.05) is 6.54 Å². The molecule has 5 heteroatoms. The van der Waals surface area contributed by atoms with Crippen LogP contribution in [0, 0.1) is 5.92 Å². The SMILES string of the molecule is CC(=O)N[C@@H](C(=O)N1CCc2sccc2C1)C(C)C. The quantitative estimate of drug-likeness (QED) is 0.917. The Hall–Kier alpha value is -1.36. The van der Waals surface area contributed by atoms with Crippen molar-refractivity contribution in [1.82, 2.24) is 10.2 Å². The summed E-state index contributed by atoms with van der Waals surface area (Å²) in [5, 5.41) is 4.84. The summed E-state index contributed by atoms with van der Waals surface area (Å²) in [7, 11) is 0. The Morgan fingerprint density at radius 2 is 2.16 bits per heavy atom. The molecule has 0 saturated heterocycles. The van der Waals surface area contributed by atoms with Crippen molar-refractivity contribution < 1.29 is 9.59 Å². The summed E-state index contributed by atoms with van der Waals surface area (Å²) in [4.78, 5) is 27.0. The topological polar surface area (TPSA) is 49.4 Å². The van der Waals surface area contributed by atoms with Gasteiger partial charge in [0.2, 0.25) is 11.8 Å². The summed E-state index contributed by atoms with van der Waals surface area (Å²) in [6, 6.07) is 1.67. The molecule has 1 aliphatic rings. The lowest BCUT2D eigenvalue weighted by molar-refractivity contribution is -0.138. The third kappa shape index (κ3) is 3.15. The van der Waals surface area contributed by atoms with E-state index in [1.54, 1.807) is 11.3 Å². The molecule has 2 amide bonds. The molecular weight excluding hydrogens is 260 g/mol. The highest BCUT2D eigenvalue weighted by Gasteiger charge is 2.30. The molecule has 0 spiro atoms. The van der Waals surface area contributed by atoms with E-state index >= 15 is 0 Å². The minimum Gasteiger partial charge on any atom is -0.344 e. The molecule has 0 unspecified atom stereocenters. The molecule has 0 radical (unpaired) electrons. The molecule has 1 aliphatic heterocycles. The van der Waals surface area contributed by atoms with E-state index in [-0.39, 0.29) is 17.7 Å². The van der Waals surface area contributed by atoms with Crippen LogP contribution in [0.1, 0.15) is 31.2 Å². The van der Waals surface area contributed by atoms with Crippen molar-refractivity contribution in [1.29, 1.82) is 0 Å². The van der Waals surface area contributed by atoms with Gasteiger partial charge in [-0.25, -0.2) is 0 Å². The Morgan fingerprint density at radius 3 is 2.79 bits per heavy atom. The number of nitrogens with zero attached hydrogens (tertiary/aromatic N) is 1. The summed E-state index contributed by atoms with van der Waals surface area (Å²) in [6.07, 6.45) is 0.920. The van der Waals surface area contributed by atoms with Gasteiger partial charge in [-0.05, 0) is 29.3 Å². The number of carbonyl (C=O) groups excluding carboxylic acids is 2. The first kappa shape index (κ1) is 14.1. The van der Waals surface area contributed by atoms with Gasteiger partial charge in [0, 0.05) is 24.9 Å². The van der Waals surface area contributed by atoms with Crippen LogP contribution in [0.5, 0.6) is 0 Å². The molecule has 0 aliphatic carbocycles. The Bertz CT molecular complexity index is 482. The van der Waals surface area contributed by atoms with Crippen LogP contribution in [0.3, 0.4) is 0 Å². The molecule has 0 fully saturated rings. The third-order valence-corrected chi connectivity index (χ3v) is 4.43. The summed E-state index contributed by atoms with van der Waals surface area (Å²) in [5.74, 6) is -0.0254. The van der Waals surface area contributed by atoms with Gasteiger partial charge >= 0.3 is 0 Å². The average Bonchev–Trinajstić information content (AvgIpc) is 2.81. The normalized spacial score (nSPS) is 16.1. The molecule has 0 bridgehead atoms. The molecular formula is C14H20N2O2S. The predicted molar refractivity (Wildman–Crippen MR) is 75.9 cm³/mol. The first-order valence-corrected chi connectivity index (χ1v) is 7.48. The van der Waals surface area contributed by atoms with Crippen LogP contribution in [0.15, 0.2) is 11.4 Å². The zero-order valence-corrected chi connectivity index (χ0v) is 12.4. The largest absolute Gasteiger partial charge is 0.344 e. The van der Waals surface area contributed by atoms with Crippen molar-refractivity contribution in [2.45, 2.75) is 39.8 Å². The van der Waals surface area contributed by atoms with Crippen LogP contribution in [0.2, 0.25) is 0 Å². The van der Waals surface area contributed by atoms with Gasteiger partial charge in [0.1, 0.15) is 6.04 Å². The molecule has 1 aromatic heterocycles. The lowest BCUT2D eigenvalue weighted by atomic mass is 10.0. The van der Waals surface area contributed by atoms with E-state index in [9.17, 15) is 9.59 Å². The molecule has 2 rings (SSSR count). The number of hydrogen-bond acceptors (Lipinski definition) is 3. The van der Waals surface area contributed by atoms with Gasteiger partial charge in [-0.1, -0.05) is 13.8 Å². The lowest BCUT2D eigenvalue weighted by Gasteiger charge is -2.32. The van der Waals surface area contributed by atoms with E-state index in [1.165, 1.54) is 17.4 Å². The summed E-state index contributed by atoms with van der Waals surface area (Å²) < 4.78 is 0. The number of carbonyl (C=O) groups is 2. The van der Waals surface area contributed by atoms with Gasteiger partial charge in [-0.3, -0.25) is 9.59 Å². The number of hydrogen-bond donors (Lipinski definition) is 1. The molecule has 1 atom stereocenters. The molecule has 19 heavy (non-hydrogen) atoms. The number of amides is 2. The van der Waals surface area contributed by atoms with E-state index in [0.29, 0.717) is 6.54 Å². The van der Waals surface area contributed by atoms with Crippen LogP contribution in [0.25, 0.3) is 0 Å². The molecule has 104 valence electrons. The molecule has 1 aromatic rings. The summed E-state index contributed by atoms with van der Waals surface area (Å²) in [5.41, 5.74) is 1.25. The number of nitrogens with one attached hydrogen (secondary N) is 1. The second-order valence-electron chi connectivity index (χ2n) is 5.30. The monoisotopic (exact) mass is 280 g/mol. The summed E-state index contributed by atoms with van der Waals surface area (Å²) >= 11 is 1.76. The van der Waals surface area contributed by atoms with Gasteiger partial charge in [0.25, 0.3) is 0 Å². The number of thiophene rings is 1. The van der Waals surface area contributed by atoms with Crippen molar-refractivity contribution >= 4 is 23.2 Å². The average molecular weight is 280 g/mol. The fraction of sp³-hybridized carbons (Fsp3) is 0.571. The fourth-order valence-electron chi connectivity index (χ4n) is 2.37. The highest BCUT2D eigenvalue weighted by atomic mass is 32.1. The Labute approximate surface area is 117 Å². The van der Waals surface area contributed by atoms with Crippen LogP contribution < -0.4 is 5.32 Å². The summed E-state index contributed by atoms with van der Waals surface area (Å²) in [6.45, 7) is 6.78. The highest BCUT2D eigenvalue weighted by molar-refractivity contribution is 7.10.